The van der Waals surface area contributed by atoms with Gasteiger partial charge in [0.1, 0.15) is 11.5 Å². The molecule has 0 aromatic heterocycles. The first-order valence-electron chi connectivity index (χ1n) is 9.43. The van der Waals surface area contributed by atoms with E-state index in [9.17, 15) is 9.59 Å². The lowest BCUT2D eigenvalue weighted by atomic mass is 9.79. The molecule has 0 saturated heterocycles. The number of ether oxygens (including phenoxy) is 2. The molecular weight excluding hydrogens is 316 g/mol. The van der Waals surface area contributed by atoms with Crippen molar-refractivity contribution in [3.63, 3.8) is 0 Å². The molecule has 0 bridgehead atoms. The number of carbonyl (C=O) groups is 2. The number of benzene rings is 1. The molecule has 1 saturated carbocycles. The van der Waals surface area contributed by atoms with Gasteiger partial charge >= 0.3 is 11.9 Å². The molecule has 0 amide bonds. The van der Waals surface area contributed by atoms with Gasteiger partial charge in [-0.3, -0.25) is 4.79 Å². The van der Waals surface area contributed by atoms with Crippen LogP contribution in [0.1, 0.15) is 69.7 Å². The predicted molar refractivity (Wildman–Crippen MR) is 97.3 cm³/mol. The van der Waals surface area contributed by atoms with Crippen LogP contribution in [0.5, 0.6) is 0 Å². The molecule has 138 valence electrons. The van der Waals surface area contributed by atoms with Crippen molar-refractivity contribution in [2.24, 2.45) is 11.3 Å². The van der Waals surface area contributed by atoms with Crippen LogP contribution in [0, 0.1) is 11.3 Å². The maximum absolute atomic E-state index is 12.9. The van der Waals surface area contributed by atoms with E-state index in [1.807, 2.05) is 32.0 Å². The van der Waals surface area contributed by atoms with Crippen molar-refractivity contribution in [2.45, 2.75) is 65.4 Å². The molecule has 0 radical (unpaired) electrons. The van der Waals surface area contributed by atoms with Gasteiger partial charge in [0.2, 0.25) is 0 Å². The highest BCUT2D eigenvalue weighted by Gasteiger charge is 2.52. The molecule has 4 nitrogen and oxygen atoms in total. The Morgan fingerprint density at radius 2 is 1.96 bits per heavy atom. The molecule has 2 rings (SSSR count). The van der Waals surface area contributed by atoms with Crippen LogP contribution in [0.2, 0.25) is 0 Å². The highest BCUT2D eigenvalue weighted by atomic mass is 16.6. The fourth-order valence-electron chi connectivity index (χ4n) is 3.48. The third-order valence-corrected chi connectivity index (χ3v) is 4.90. The van der Waals surface area contributed by atoms with E-state index in [4.69, 9.17) is 9.47 Å². The minimum atomic E-state index is -0.685. The average molecular weight is 346 g/mol. The number of hydrogen-bond donors (Lipinski definition) is 0. The molecule has 1 aliphatic carbocycles. The SMILES string of the molecule is CCCCC1(C(=O)OCC(C)C)CCCC1OC(=O)c1ccccc1. The molecule has 0 aliphatic heterocycles. The zero-order chi connectivity index (χ0) is 18.3. The van der Waals surface area contributed by atoms with E-state index in [2.05, 4.69) is 6.92 Å². The minimum absolute atomic E-state index is 0.196. The van der Waals surface area contributed by atoms with E-state index in [-0.39, 0.29) is 11.9 Å². The van der Waals surface area contributed by atoms with Crippen LogP contribution in [-0.4, -0.2) is 24.6 Å². The average Bonchev–Trinajstić information content (AvgIpc) is 3.02. The fourth-order valence-corrected chi connectivity index (χ4v) is 3.48. The second-order valence-corrected chi connectivity index (χ2v) is 7.40. The number of unbranched alkanes of at least 4 members (excludes halogenated alkanes) is 1. The van der Waals surface area contributed by atoms with Crippen molar-refractivity contribution in [1.82, 2.24) is 0 Å². The third kappa shape index (κ3) is 4.83. The summed E-state index contributed by atoms with van der Waals surface area (Å²) >= 11 is 0. The number of hydrogen-bond acceptors (Lipinski definition) is 4. The first-order chi connectivity index (χ1) is 12.0. The van der Waals surface area contributed by atoms with Gasteiger partial charge in [0.05, 0.1) is 12.2 Å². The molecule has 1 aromatic rings. The van der Waals surface area contributed by atoms with Crippen LogP contribution in [0.4, 0.5) is 0 Å². The Morgan fingerprint density at radius 3 is 2.60 bits per heavy atom. The van der Waals surface area contributed by atoms with E-state index in [0.717, 1.165) is 32.1 Å². The molecule has 2 unspecified atom stereocenters. The van der Waals surface area contributed by atoms with Crippen molar-refractivity contribution in [3.8, 4) is 0 Å². The Balaban J connectivity index is 2.15. The summed E-state index contributed by atoms with van der Waals surface area (Å²) in [7, 11) is 0. The van der Waals surface area contributed by atoms with Crippen LogP contribution >= 0.6 is 0 Å². The Morgan fingerprint density at radius 1 is 1.24 bits per heavy atom. The minimum Gasteiger partial charge on any atom is -0.465 e. The Labute approximate surface area is 150 Å². The fraction of sp³-hybridized carbons (Fsp3) is 0.619. The van der Waals surface area contributed by atoms with Gasteiger partial charge in [0.25, 0.3) is 0 Å². The molecule has 2 atom stereocenters. The molecule has 25 heavy (non-hydrogen) atoms. The number of esters is 2. The van der Waals surface area contributed by atoms with Gasteiger partial charge in [-0.05, 0) is 43.7 Å². The van der Waals surface area contributed by atoms with Gasteiger partial charge in [-0.1, -0.05) is 51.8 Å². The first kappa shape index (κ1) is 19.5. The topological polar surface area (TPSA) is 52.6 Å². The van der Waals surface area contributed by atoms with Crippen molar-refractivity contribution < 1.29 is 19.1 Å². The van der Waals surface area contributed by atoms with Crippen LogP contribution < -0.4 is 0 Å². The summed E-state index contributed by atoms with van der Waals surface area (Å²) in [6, 6.07) is 8.96. The molecule has 4 heteroatoms. The molecule has 1 aromatic carbocycles. The quantitative estimate of drug-likeness (QED) is 0.636. The van der Waals surface area contributed by atoms with E-state index < -0.39 is 11.5 Å². The van der Waals surface area contributed by atoms with Gasteiger partial charge < -0.3 is 9.47 Å². The largest absolute Gasteiger partial charge is 0.465 e. The van der Waals surface area contributed by atoms with Crippen molar-refractivity contribution in [2.75, 3.05) is 6.61 Å². The van der Waals surface area contributed by atoms with E-state index in [1.165, 1.54) is 0 Å². The Kier molecular flexibility index (Phi) is 7.03. The maximum Gasteiger partial charge on any atom is 0.338 e. The van der Waals surface area contributed by atoms with Crippen LogP contribution in [-0.2, 0) is 14.3 Å². The summed E-state index contributed by atoms with van der Waals surface area (Å²) < 4.78 is 11.4. The standard InChI is InChI=1S/C21H30O4/c1-4-5-13-21(20(23)24-15-16(2)3)14-9-12-18(21)25-19(22)17-10-7-6-8-11-17/h6-8,10-11,16,18H,4-5,9,12-15H2,1-3H3. The van der Waals surface area contributed by atoms with Crippen LogP contribution in [0.15, 0.2) is 30.3 Å². The van der Waals surface area contributed by atoms with Gasteiger partial charge in [-0.2, -0.15) is 0 Å². The maximum atomic E-state index is 12.9. The molecule has 0 heterocycles. The molecule has 1 fully saturated rings. The lowest BCUT2D eigenvalue weighted by Crippen LogP contribution is -2.42. The number of rotatable bonds is 8. The van der Waals surface area contributed by atoms with Gasteiger partial charge in [0.15, 0.2) is 0 Å². The summed E-state index contributed by atoms with van der Waals surface area (Å²) in [6.07, 6.45) is 4.58. The smallest absolute Gasteiger partial charge is 0.338 e. The van der Waals surface area contributed by atoms with E-state index in [1.54, 1.807) is 12.1 Å². The normalized spacial score (nSPS) is 22.8. The van der Waals surface area contributed by atoms with Crippen molar-refractivity contribution in [1.29, 1.82) is 0 Å². The van der Waals surface area contributed by atoms with Gasteiger partial charge in [0, 0.05) is 0 Å². The monoisotopic (exact) mass is 346 g/mol. The lowest BCUT2D eigenvalue weighted by molar-refractivity contribution is -0.163. The van der Waals surface area contributed by atoms with E-state index >= 15 is 0 Å². The summed E-state index contributed by atoms with van der Waals surface area (Å²) in [4.78, 5) is 25.4. The lowest BCUT2D eigenvalue weighted by Gasteiger charge is -2.33. The van der Waals surface area contributed by atoms with Gasteiger partial charge in [-0.25, -0.2) is 4.79 Å². The van der Waals surface area contributed by atoms with Gasteiger partial charge in [-0.15, -0.1) is 0 Å². The third-order valence-electron chi connectivity index (χ3n) is 4.90. The Hall–Kier alpha value is -1.84. The molecule has 0 spiro atoms. The van der Waals surface area contributed by atoms with Crippen molar-refractivity contribution in [3.05, 3.63) is 35.9 Å². The van der Waals surface area contributed by atoms with Crippen LogP contribution in [0.3, 0.4) is 0 Å². The zero-order valence-corrected chi connectivity index (χ0v) is 15.6. The molecule has 1 aliphatic rings. The summed E-state index contributed by atoms with van der Waals surface area (Å²) in [5.74, 6) is -0.262. The Bertz CT molecular complexity index is 567. The zero-order valence-electron chi connectivity index (χ0n) is 15.6. The molecular formula is C21H30O4. The van der Waals surface area contributed by atoms with E-state index in [0.29, 0.717) is 24.5 Å². The van der Waals surface area contributed by atoms with Crippen LogP contribution in [0.25, 0.3) is 0 Å². The predicted octanol–water partition coefficient (Wildman–Crippen LogP) is 4.77. The molecule has 0 N–H and O–H groups in total. The highest BCUT2D eigenvalue weighted by Crippen LogP contribution is 2.45. The first-order valence-corrected chi connectivity index (χ1v) is 9.43. The second kappa shape index (κ2) is 9.02. The summed E-state index contributed by atoms with van der Waals surface area (Å²) in [5, 5.41) is 0. The van der Waals surface area contributed by atoms with Crippen molar-refractivity contribution >= 4 is 11.9 Å². The summed E-state index contributed by atoms with van der Waals surface area (Å²) in [6.45, 7) is 6.56. The highest BCUT2D eigenvalue weighted by molar-refractivity contribution is 5.90. The second-order valence-electron chi connectivity index (χ2n) is 7.40. The summed E-state index contributed by atoms with van der Waals surface area (Å²) in [5.41, 5.74) is -0.163. The number of carbonyl (C=O) groups excluding carboxylic acids is 2.